The van der Waals surface area contributed by atoms with Crippen LogP contribution in [0.3, 0.4) is 0 Å². The predicted molar refractivity (Wildman–Crippen MR) is 49.7 cm³/mol. The van der Waals surface area contributed by atoms with Crippen LogP contribution in [0.4, 0.5) is 11.4 Å². The van der Waals surface area contributed by atoms with E-state index in [4.69, 9.17) is 11.0 Å². The molecule has 0 unspecified atom stereocenters. The maximum Gasteiger partial charge on any atom is 0.101 e. The third kappa shape index (κ3) is 1.67. The average molecular weight is 161 g/mol. The van der Waals surface area contributed by atoms with Crippen molar-refractivity contribution < 1.29 is 0 Å². The van der Waals surface area contributed by atoms with Gasteiger partial charge in [0.1, 0.15) is 6.07 Å². The van der Waals surface area contributed by atoms with E-state index in [0.29, 0.717) is 11.3 Å². The second-order valence-electron chi connectivity index (χ2n) is 2.45. The van der Waals surface area contributed by atoms with Crippen molar-refractivity contribution in [2.45, 2.75) is 6.92 Å². The van der Waals surface area contributed by atoms with Crippen molar-refractivity contribution in [3.8, 4) is 6.07 Å². The van der Waals surface area contributed by atoms with Gasteiger partial charge in [0.2, 0.25) is 0 Å². The monoisotopic (exact) mass is 161 g/mol. The Bertz CT molecular complexity index is 312. The van der Waals surface area contributed by atoms with Gasteiger partial charge in [-0.25, -0.2) is 0 Å². The lowest BCUT2D eigenvalue weighted by molar-refractivity contribution is 1.21. The highest BCUT2D eigenvalue weighted by molar-refractivity contribution is 5.63. The molecule has 0 saturated carbocycles. The molecule has 3 nitrogen and oxygen atoms in total. The molecule has 62 valence electrons. The van der Waals surface area contributed by atoms with Gasteiger partial charge in [-0.2, -0.15) is 5.26 Å². The van der Waals surface area contributed by atoms with E-state index in [-0.39, 0.29) is 0 Å². The van der Waals surface area contributed by atoms with Crippen LogP contribution in [-0.4, -0.2) is 6.54 Å². The molecule has 3 N–H and O–H groups in total. The number of nitrogens with zero attached hydrogens (tertiary/aromatic N) is 1. The summed E-state index contributed by atoms with van der Waals surface area (Å²) >= 11 is 0. The molecule has 1 aromatic rings. The van der Waals surface area contributed by atoms with E-state index in [2.05, 4.69) is 11.4 Å². The van der Waals surface area contributed by atoms with Gasteiger partial charge < -0.3 is 11.1 Å². The first-order chi connectivity index (χ1) is 5.77. The lowest BCUT2D eigenvalue weighted by Crippen LogP contribution is -1.99. The van der Waals surface area contributed by atoms with E-state index in [1.165, 1.54) is 0 Å². The highest BCUT2D eigenvalue weighted by atomic mass is 14.9. The number of benzene rings is 1. The molecule has 0 bridgehead atoms. The van der Waals surface area contributed by atoms with Crippen LogP contribution in [0.2, 0.25) is 0 Å². The van der Waals surface area contributed by atoms with Gasteiger partial charge in [0, 0.05) is 12.2 Å². The summed E-state index contributed by atoms with van der Waals surface area (Å²) in [5, 5.41) is 11.8. The normalized spacial score (nSPS) is 9.00. The summed E-state index contributed by atoms with van der Waals surface area (Å²) in [5.74, 6) is 0. The summed E-state index contributed by atoms with van der Waals surface area (Å²) in [6, 6.07) is 7.29. The zero-order chi connectivity index (χ0) is 8.97. The van der Waals surface area contributed by atoms with Crippen LogP contribution < -0.4 is 11.1 Å². The van der Waals surface area contributed by atoms with E-state index in [1.807, 2.05) is 6.92 Å². The molecule has 0 saturated heterocycles. The maximum atomic E-state index is 8.71. The standard InChI is InChI=1S/C9H11N3/c1-2-12-9-5-8(11)4-3-7(9)6-10/h3-5,12H,2,11H2,1H3. The minimum absolute atomic E-state index is 0.631. The van der Waals surface area contributed by atoms with Crippen molar-refractivity contribution >= 4 is 11.4 Å². The Balaban J connectivity index is 3.06. The number of nitrogen functional groups attached to an aromatic ring is 1. The van der Waals surface area contributed by atoms with Crippen molar-refractivity contribution in [2.24, 2.45) is 0 Å². The Morgan fingerprint density at radius 2 is 2.33 bits per heavy atom. The lowest BCUT2D eigenvalue weighted by Gasteiger charge is -2.05. The molecule has 0 fully saturated rings. The van der Waals surface area contributed by atoms with Gasteiger partial charge in [-0.05, 0) is 25.1 Å². The topological polar surface area (TPSA) is 61.8 Å². The van der Waals surface area contributed by atoms with Crippen LogP contribution in [-0.2, 0) is 0 Å². The molecule has 0 aromatic heterocycles. The van der Waals surface area contributed by atoms with Crippen molar-refractivity contribution in [2.75, 3.05) is 17.6 Å². The Kier molecular flexibility index (Phi) is 2.54. The van der Waals surface area contributed by atoms with Crippen LogP contribution in [0.25, 0.3) is 0 Å². The summed E-state index contributed by atoms with van der Waals surface area (Å²) in [4.78, 5) is 0. The van der Waals surface area contributed by atoms with Crippen LogP contribution in [0.5, 0.6) is 0 Å². The van der Waals surface area contributed by atoms with Gasteiger partial charge in [0.25, 0.3) is 0 Å². The maximum absolute atomic E-state index is 8.71. The molecule has 0 aliphatic rings. The van der Waals surface area contributed by atoms with Gasteiger partial charge in [0.15, 0.2) is 0 Å². The van der Waals surface area contributed by atoms with Gasteiger partial charge in [-0.1, -0.05) is 0 Å². The molecular weight excluding hydrogens is 150 g/mol. The van der Waals surface area contributed by atoms with Crippen molar-refractivity contribution in [3.05, 3.63) is 23.8 Å². The third-order valence-corrected chi connectivity index (χ3v) is 1.53. The van der Waals surface area contributed by atoms with E-state index >= 15 is 0 Å². The molecule has 0 radical (unpaired) electrons. The van der Waals surface area contributed by atoms with E-state index in [0.717, 1.165) is 12.2 Å². The molecule has 0 atom stereocenters. The van der Waals surface area contributed by atoms with Crippen molar-refractivity contribution in [1.29, 1.82) is 5.26 Å². The van der Waals surface area contributed by atoms with Crippen molar-refractivity contribution in [3.63, 3.8) is 0 Å². The van der Waals surface area contributed by atoms with Crippen LogP contribution >= 0.6 is 0 Å². The fourth-order valence-corrected chi connectivity index (χ4v) is 0.996. The van der Waals surface area contributed by atoms with E-state index in [1.54, 1.807) is 18.2 Å². The zero-order valence-electron chi connectivity index (χ0n) is 6.96. The number of hydrogen-bond acceptors (Lipinski definition) is 3. The molecule has 0 amide bonds. The summed E-state index contributed by atoms with van der Waals surface area (Å²) < 4.78 is 0. The number of nitriles is 1. The SMILES string of the molecule is CCNc1cc(N)ccc1C#N. The minimum atomic E-state index is 0.631. The predicted octanol–water partition coefficient (Wildman–Crippen LogP) is 1.57. The summed E-state index contributed by atoms with van der Waals surface area (Å²) in [6.07, 6.45) is 0. The third-order valence-electron chi connectivity index (χ3n) is 1.53. The molecule has 0 heterocycles. The number of nitrogens with two attached hydrogens (primary N) is 1. The second kappa shape index (κ2) is 3.63. The Morgan fingerprint density at radius 3 is 2.92 bits per heavy atom. The molecule has 0 spiro atoms. The first-order valence-corrected chi connectivity index (χ1v) is 3.81. The molecule has 1 rings (SSSR count). The molecule has 1 aromatic carbocycles. The summed E-state index contributed by atoms with van der Waals surface area (Å²) in [6.45, 7) is 2.77. The molecular formula is C9H11N3. The smallest absolute Gasteiger partial charge is 0.101 e. The minimum Gasteiger partial charge on any atom is -0.399 e. The first-order valence-electron chi connectivity index (χ1n) is 3.81. The number of rotatable bonds is 2. The number of hydrogen-bond donors (Lipinski definition) is 2. The van der Waals surface area contributed by atoms with E-state index in [9.17, 15) is 0 Å². The highest BCUT2D eigenvalue weighted by Gasteiger charge is 1.99. The summed E-state index contributed by atoms with van der Waals surface area (Å²) in [5.41, 5.74) is 7.67. The Hall–Kier alpha value is -1.69. The number of anilines is 2. The molecule has 12 heavy (non-hydrogen) atoms. The average Bonchev–Trinajstić information content (AvgIpc) is 2.05. The fourth-order valence-electron chi connectivity index (χ4n) is 0.996. The highest BCUT2D eigenvalue weighted by Crippen LogP contribution is 2.17. The Morgan fingerprint density at radius 1 is 1.58 bits per heavy atom. The van der Waals surface area contributed by atoms with Crippen LogP contribution in [0.1, 0.15) is 12.5 Å². The molecule has 0 aliphatic carbocycles. The second-order valence-corrected chi connectivity index (χ2v) is 2.45. The number of nitrogens with one attached hydrogen (secondary N) is 1. The first kappa shape index (κ1) is 8.41. The lowest BCUT2D eigenvalue weighted by atomic mass is 10.2. The Labute approximate surface area is 71.8 Å². The molecule has 0 aliphatic heterocycles. The van der Waals surface area contributed by atoms with Crippen LogP contribution in [0, 0.1) is 11.3 Å². The molecule has 3 heteroatoms. The zero-order valence-corrected chi connectivity index (χ0v) is 6.96. The largest absolute Gasteiger partial charge is 0.399 e. The van der Waals surface area contributed by atoms with Crippen LogP contribution in [0.15, 0.2) is 18.2 Å². The fraction of sp³-hybridized carbons (Fsp3) is 0.222. The van der Waals surface area contributed by atoms with Crippen molar-refractivity contribution in [1.82, 2.24) is 0 Å². The van der Waals surface area contributed by atoms with Gasteiger partial charge in [-0.3, -0.25) is 0 Å². The van der Waals surface area contributed by atoms with Gasteiger partial charge in [0.05, 0.1) is 11.3 Å². The van der Waals surface area contributed by atoms with Gasteiger partial charge >= 0.3 is 0 Å². The summed E-state index contributed by atoms with van der Waals surface area (Å²) in [7, 11) is 0. The van der Waals surface area contributed by atoms with Gasteiger partial charge in [-0.15, -0.1) is 0 Å². The van der Waals surface area contributed by atoms with E-state index < -0.39 is 0 Å². The quantitative estimate of drug-likeness (QED) is 0.647.